The lowest BCUT2D eigenvalue weighted by Gasteiger charge is -2.39. The Hall–Kier alpha value is -3.40. The summed E-state index contributed by atoms with van der Waals surface area (Å²) >= 11 is 0. The zero-order chi connectivity index (χ0) is 32.5. The molecule has 45 heavy (non-hydrogen) atoms. The second-order valence-corrected chi connectivity index (χ2v) is 12.9. The fourth-order valence-corrected chi connectivity index (χ4v) is 6.80. The molecule has 3 heterocycles. The zero-order valence-electron chi connectivity index (χ0n) is 27.8. The molecule has 0 spiro atoms. The van der Waals surface area contributed by atoms with Crippen molar-refractivity contribution in [3.8, 4) is 0 Å². The highest BCUT2D eigenvalue weighted by molar-refractivity contribution is 5.98. The van der Waals surface area contributed by atoms with Gasteiger partial charge in [0.1, 0.15) is 24.2 Å². The molecule has 4 rings (SSSR count). The molecule has 10 nitrogen and oxygen atoms in total. The van der Waals surface area contributed by atoms with Crippen LogP contribution in [0, 0.1) is 5.92 Å². The summed E-state index contributed by atoms with van der Waals surface area (Å²) in [6, 6.07) is 4.76. The lowest BCUT2D eigenvalue weighted by molar-refractivity contribution is -0.147. The van der Waals surface area contributed by atoms with E-state index in [9.17, 15) is 19.2 Å². The average Bonchev–Trinajstić information content (AvgIpc) is 3.37. The number of benzene rings is 1. The highest BCUT2D eigenvalue weighted by Gasteiger charge is 2.40. The first-order valence-electron chi connectivity index (χ1n) is 17.0. The Bertz CT molecular complexity index is 1320. The molecule has 1 aromatic carbocycles. The molecule has 2 aliphatic heterocycles. The van der Waals surface area contributed by atoms with E-state index in [0.29, 0.717) is 25.8 Å². The number of fused-ring (bicyclic) bond motifs is 2. The van der Waals surface area contributed by atoms with Crippen molar-refractivity contribution in [1.29, 1.82) is 0 Å². The van der Waals surface area contributed by atoms with Gasteiger partial charge < -0.3 is 30.2 Å². The first-order valence-corrected chi connectivity index (χ1v) is 17.0. The molecule has 0 bridgehead atoms. The first kappa shape index (κ1) is 34.5. The number of rotatable bonds is 12. The number of aryl methyl sites for hydroxylation is 1. The van der Waals surface area contributed by atoms with Crippen LogP contribution in [0.25, 0.3) is 10.9 Å². The van der Waals surface area contributed by atoms with Crippen molar-refractivity contribution in [2.24, 2.45) is 13.0 Å². The van der Waals surface area contributed by atoms with Gasteiger partial charge in [0.05, 0.1) is 6.10 Å². The minimum Gasteiger partial charge on any atom is -0.381 e. The molecule has 0 radical (unpaired) electrons. The largest absolute Gasteiger partial charge is 0.381 e. The quantitative estimate of drug-likeness (QED) is 0.309. The number of nitrogens with one attached hydrogen (secondary N) is 3. The topological polar surface area (TPSA) is 122 Å². The van der Waals surface area contributed by atoms with E-state index in [-0.39, 0.29) is 42.1 Å². The molecule has 1 aromatic heterocycles. The van der Waals surface area contributed by atoms with Crippen molar-refractivity contribution in [1.82, 2.24) is 25.4 Å². The Morgan fingerprint density at radius 1 is 0.911 bits per heavy atom. The van der Waals surface area contributed by atoms with Crippen LogP contribution in [0.4, 0.5) is 0 Å². The third-order valence-corrected chi connectivity index (χ3v) is 9.84. The van der Waals surface area contributed by atoms with Crippen molar-refractivity contribution >= 4 is 34.5 Å². The van der Waals surface area contributed by atoms with Crippen LogP contribution >= 0.6 is 0 Å². The van der Waals surface area contributed by atoms with Gasteiger partial charge in [-0.1, -0.05) is 64.7 Å². The van der Waals surface area contributed by atoms with Gasteiger partial charge in [-0.2, -0.15) is 0 Å². The minimum absolute atomic E-state index is 0.151. The third-order valence-electron chi connectivity index (χ3n) is 9.84. The maximum atomic E-state index is 14.1. The summed E-state index contributed by atoms with van der Waals surface area (Å²) in [5, 5.41) is 10.0. The zero-order valence-corrected chi connectivity index (χ0v) is 27.8. The van der Waals surface area contributed by atoms with Crippen LogP contribution in [0.1, 0.15) is 90.5 Å². The number of amides is 4. The number of ether oxygens (including phenoxy) is 1. The van der Waals surface area contributed by atoms with E-state index in [4.69, 9.17) is 4.74 Å². The van der Waals surface area contributed by atoms with Crippen LogP contribution in [-0.2, 0) is 37.4 Å². The molecule has 10 heteroatoms. The summed E-state index contributed by atoms with van der Waals surface area (Å²) in [5.41, 5.74) is 1.95. The summed E-state index contributed by atoms with van der Waals surface area (Å²) in [4.78, 5) is 57.4. The smallest absolute Gasteiger partial charge is 0.246 e. The van der Waals surface area contributed by atoms with Gasteiger partial charge in [-0.15, -0.1) is 0 Å². The van der Waals surface area contributed by atoms with Gasteiger partial charge in [0.15, 0.2) is 0 Å². The van der Waals surface area contributed by atoms with Gasteiger partial charge in [-0.05, 0) is 56.1 Å². The Balaban J connectivity index is 1.63. The number of unbranched alkanes of at least 4 members (excludes halogenated alkanes) is 2. The molecule has 0 aliphatic carbocycles. The van der Waals surface area contributed by atoms with Gasteiger partial charge in [-0.3, -0.25) is 19.2 Å². The fourth-order valence-electron chi connectivity index (χ4n) is 6.80. The second kappa shape index (κ2) is 16.2. The van der Waals surface area contributed by atoms with Gasteiger partial charge in [0.2, 0.25) is 23.6 Å². The van der Waals surface area contributed by atoms with Crippen molar-refractivity contribution in [2.45, 2.75) is 122 Å². The molecule has 2 unspecified atom stereocenters. The number of aromatic nitrogens is 1. The number of nitrogens with zero attached hydrogens (tertiary/aromatic N) is 2. The predicted molar refractivity (Wildman–Crippen MR) is 175 cm³/mol. The summed E-state index contributed by atoms with van der Waals surface area (Å²) in [6.45, 7) is 6.48. The van der Waals surface area contributed by atoms with E-state index < -0.39 is 24.2 Å². The van der Waals surface area contributed by atoms with E-state index in [1.54, 1.807) is 12.0 Å². The highest BCUT2D eigenvalue weighted by atomic mass is 16.5. The maximum Gasteiger partial charge on any atom is 0.246 e. The Kier molecular flexibility index (Phi) is 12.4. The number of methoxy groups -OCH3 is 1. The summed E-state index contributed by atoms with van der Waals surface area (Å²) in [6.07, 6.45) is 10.2. The third kappa shape index (κ3) is 8.45. The van der Waals surface area contributed by atoms with E-state index in [0.717, 1.165) is 61.4 Å². The molecule has 3 N–H and O–H groups in total. The van der Waals surface area contributed by atoms with Gasteiger partial charge in [0.25, 0.3) is 0 Å². The summed E-state index contributed by atoms with van der Waals surface area (Å²) in [7, 11) is 3.69. The lowest BCUT2D eigenvalue weighted by Crippen LogP contribution is -2.64. The van der Waals surface area contributed by atoms with E-state index in [1.165, 1.54) is 0 Å². The van der Waals surface area contributed by atoms with Crippen molar-refractivity contribution in [3.05, 3.63) is 36.0 Å². The van der Waals surface area contributed by atoms with E-state index >= 15 is 0 Å². The Labute approximate surface area is 268 Å². The maximum absolute atomic E-state index is 14.1. The molecular formula is C35H53N5O5. The second-order valence-electron chi connectivity index (χ2n) is 12.9. The van der Waals surface area contributed by atoms with Crippen LogP contribution in [0.5, 0.6) is 0 Å². The molecule has 2 aromatic rings. The van der Waals surface area contributed by atoms with Crippen LogP contribution in [0.15, 0.2) is 30.5 Å². The number of hydrogen-bond acceptors (Lipinski definition) is 5. The van der Waals surface area contributed by atoms with E-state index in [2.05, 4.69) is 22.9 Å². The molecule has 2 aliphatic rings. The monoisotopic (exact) mass is 623 g/mol. The molecular weight excluding hydrogens is 570 g/mol. The van der Waals surface area contributed by atoms with Crippen molar-refractivity contribution in [2.75, 3.05) is 13.7 Å². The lowest BCUT2D eigenvalue weighted by atomic mass is 9.93. The number of para-hydroxylation sites is 1. The summed E-state index contributed by atoms with van der Waals surface area (Å²) < 4.78 is 7.51. The number of carbonyl (C=O) groups excluding carboxylic acids is 4. The van der Waals surface area contributed by atoms with Gasteiger partial charge in [0, 0.05) is 44.2 Å². The van der Waals surface area contributed by atoms with Crippen LogP contribution in [-0.4, -0.2) is 77.0 Å². The molecule has 2 fully saturated rings. The first-order chi connectivity index (χ1) is 21.7. The fraction of sp³-hybridized carbons (Fsp3) is 0.657. The van der Waals surface area contributed by atoms with Crippen molar-refractivity contribution in [3.63, 3.8) is 0 Å². The number of hydrogen-bond donors (Lipinski definition) is 3. The Morgan fingerprint density at radius 2 is 1.64 bits per heavy atom. The highest BCUT2D eigenvalue weighted by Crippen LogP contribution is 2.24. The minimum atomic E-state index is -0.925. The predicted octanol–water partition coefficient (Wildman–Crippen LogP) is 3.99. The average molecular weight is 624 g/mol. The molecule has 2 saturated heterocycles. The number of piperidine rings is 1. The summed E-state index contributed by atoms with van der Waals surface area (Å²) in [5.74, 6) is -1.44. The SMILES string of the molecule is CCC(CCCCC[C@@H]1NC(=O)[C@H]2CCCCN2C(=O)[C@H](C(C)CC)NC(=O)[C@H](Cc2cn(C)c3ccccc23)NC1=O)OC. The molecule has 248 valence electrons. The van der Waals surface area contributed by atoms with Crippen LogP contribution in [0.3, 0.4) is 0 Å². The molecule has 0 saturated carbocycles. The normalized spacial score (nSPS) is 24.6. The van der Waals surface area contributed by atoms with Crippen molar-refractivity contribution < 1.29 is 23.9 Å². The van der Waals surface area contributed by atoms with E-state index in [1.807, 2.05) is 55.9 Å². The standard InChI is InChI=1S/C35H53N5O5/c1-6-23(3)31-35(44)40-20-14-13-19-30(40)34(43)36-27(17-10-8-9-15-25(7-2)45-5)32(41)37-28(33(42)38-31)21-24-22-39(4)29-18-12-11-16-26(24)29/h11-12,16,18,22-23,25,27-28,30-31H,6-10,13-15,17,19-21H2,1-5H3,(H,36,43)(H,37,41)(H,38,42)/t23?,25?,27-,28-,30+,31-/m0/s1. The van der Waals surface area contributed by atoms with Crippen LogP contribution < -0.4 is 16.0 Å². The molecule has 6 atom stereocenters. The van der Waals surface area contributed by atoms with Crippen LogP contribution in [0.2, 0.25) is 0 Å². The van der Waals surface area contributed by atoms with Gasteiger partial charge in [-0.25, -0.2) is 0 Å². The number of carbonyl (C=O) groups is 4. The Morgan fingerprint density at radius 3 is 2.38 bits per heavy atom. The van der Waals surface area contributed by atoms with Gasteiger partial charge >= 0.3 is 0 Å². The molecule has 4 amide bonds.